The SMILES string of the molecule is CCC(=O)N1CCC(N2CC[S+]([O-])CC2)CC1. The first kappa shape index (κ1) is 13.2. The quantitative estimate of drug-likeness (QED) is 0.676. The maximum atomic E-state index is 11.6. The second kappa shape index (κ2) is 6.07. The number of hydrogen-bond donors (Lipinski definition) is 0. The zero-order valence-corrected chi connectivity index (χ0v) is 11.4. The van der Waals surface area contributed by atoms with Crippen molar-refractivity contribution in [1.29, 1.82) is 0 Å². The lowest BCUT2D eigenvalue weighted by Gasteiger charge is -2.40. The van der Waals surface area contributed by atoms with Crippen LogP contribution in [0, 0.1) is 0 Å². The lowest BCUT2D eigenvalue weighted by molar-refractivity contribution is -0.132. The van der Waals surface area contributed by atoms with Crippen LogP contribution in [0.25, 0.3) is 0 Å². The molecule has 0 aromatic carbocycles. The summed E-state index contributed by atoms with van der Waals surface area (Å²) in [5.41, 5.74) is 0. The Kier molecular flexibility index (Phi) is 4.70. The van der Waals surface area contributed by atoms with Gasteiger partial charge in [0.1, 0.15) is 11.5 Å². The molecule has 0 aromatic rings. The molecule has 5 heteroatoms. The Labute approximate surface area is 107 Å². The topological polar surface area (TPSA) is 46.6 Å². The molecule has 2 aliphatic rings. The minimum absolute atomic E-state index is 0.281. The molecule has 1 amide bonds. The Morgan fingerprint density at radius 3 is 2.35 bits per heavy atom. The highest BCUT2D eigenvalue weighted by Crippen LogP contribution is 2.19. The predicted molar refractivity (Wildman–Crippen MR) is 69.3 cm³/mol. The monoisotopic (exact) mass is 258 g/mol. The van der Waals surface area contributed by atoms with E-state index in [1.165, 1.54) is 0 Å². The Hall–Kier alpha value is -0.260. The summed E-state index contributed by atoms with van der Waals surface area (Å²) in [5.74, 6) is 1.94. The molecule has 2 saturated heterocycles. The fourth-order valence-electron chi connectivity index (χ4n) is 2.72. The number of piperidine rings is 1. The lowest BCUT2D eigenvalue weighted by Crippen LogP contribution is -2.51. The summed E-state index contributed by atoms with van der Waals surface area (Å²) < 4.78 is 11.3. The van der Waals surface area contributed by atoms with Gasteiger partial charge in [0.2, 0.25) is 5.91 Å². The minimum atomic E-state index is -0.587. The van der Waals surface area contributed by atoms with E-state index in [0.29, 0.717) is 12.5 Å². The first-order valence-electron chi connectivity index (χ1n) is 6.57. The normalized spacial score (nSPS) is 25.2. The molecule has 2 heterocycles. The van der Waals surface area contributed by atoms with E-state index in [2.05, 4.69) is 4.90 Å². The number of carbonyl (C=O) groups is 1. The highest BCUT2D eigenvalue weighted by atomic mass is 32.2. The second-order valence-corrected chi connectivity index (χ2v) is 6.55. The first-order valence-corrected chi connectivity index (χ1v) is 8.06. The molecule has 0 bridgehead atoms. The summed E-state index contributed by atoms with van der Waals surface area (Å²) in [5, 5.41) is 0. The van der Waals surface area contributed by atoms with Crippen LogP contribution in [-0.4, -0.2) is 64.0 Å². The molecule has 2 rings (SSSR count). The van der Waals surface area contributed by atoms with Gasteiger partial charge in [0, 0.05) is 38.6 Å². The first-order chi connectivity index (χ1) is 8.20. The van der Waals surface area contributed by atoms with Crippen molar-refractivity contribution < 1.29 is 9.35 Å². The fourth-order valence-corrected chi connectivity index (χ4v) is 3.80. The number of likely N-dealkylation sites (tertiary alicyclic amines) is 1. The van der Waals surface area contributed by atoms with Crippen molar-refractivity contribution in [1.82, 2.24) is 9.80 Å². The van der Waals surface area contributed by atoms with E-state index in [1.807, 2.05) is 11.8 Å². The second-order valence-electron chi connectivity index (χ2n) is 4.85. The van der Waals surface area contributed by atoms with Gasteiger partial charge in [-0.2, -0.15) is 0 Å². The smallest absolute Gasteiger partial charge is 0.222 e. The highest BCUT2D eigenvalue weighted by molar-refractivity contribution is 7.91. The van der Waals surface area contributed by atoms with E-state index in [-0.39, 0.29) is 5.91 Å². The van der Waals surface area contributed by atoms with Gasteiger partial charge < -0.3 is 9.45 Å². The van der Waals surface area contributed by atoms with Crippen LogP contribution >= 0.6 is 0 Å². The van der Waals surface area contributed by atoms with Crippen LogP contribution in [0.3, 0.4) is 0 Å². The molecule has 0 aromatic heterocycles. The minimum Gasteiger partial charge on any atom is -0.616 e. The van der Waals surface area contributed by atoms with Crippen LogP contribution in [0.2, 0.25) is 0 Å². The van der Waals surface area contributed by atoms with Gasteiger partial charge in [-0.25, -0.2) is 0 Å². The average Bonchev–Trinajstić information content (AvgIpc) is 2.39. The third-order valence-electron chi connectivity index (χ3n) is 3.85. The van der Waals surface area contributed by atoms with Crippen molar-refractivity contribution in [2.75, 3.05) is 37.7 Å². The van der Waals surface area contributed by atoms with Crippen LogP contribution in [0.4, 0.5) is 0 Å². The lowest BCUT2D eigenvalue weighted by atomic mass is 10.0. The number of rotatable bonds is 2. The molecule has 17 heavy (non-hydrogen) atoms. The van der Waals surface area contributed by atoms with Gasteiger partial charge in [0.25, 0.3) is 0 Å². The summed E-state index contributed by atoms with van der Waals surface area (Å²) in [7, 11) is 0. The standard InChI is InChI=1S/C12H22N2O2S/c1-2-12(15)14-5-3-11(4-6-14)13-7-9-17(16)10-8-13/h11H,2-10H2,1H3. The summed E-state index contributed by atoms with van der Waals surface area (Å²) in [6, 6.07) is 0.605. The van der Waals surface area contributed by atoms with Crippen LogP contribution in [-0.2, 0) is 16.0 Å². The van der Waals surface area contributed by atoms with E-state index in [4.69, 9.17) is 0 Å². The molecule has 2 fully saturated rings. The molecule has 0 spiro atoms. The van der Waals surface area contributed by atoms with Crippen LogP contribution < -0.4 is 0 Å². The van der Waals surface area contributed by atoms with E-state index in [0.717, 1.165) is 50.5 Å². The Morgan fingerprint density at radius 2 is 1.82 bits per heavy atom. The Morgan fingerprint density at radius 1 is 1.24 bits per heavy atom. The molecular weight excluding hydrogens is 236 g/mol. The maximum absolute atomic E-state index is 11.6. The van der Waals surface area contributed by atoms with Gasteiger partial charge in [-0.05, 0) is 12.8 Å². The average molecular weight is 258 g/mol. The Bertz CT molecular complexity index is 259. The molecule has 0 atom stereocenters. The molecule has 0 N–H and O–H groups in total. The third kappa shape index (κ3) is 3.36. The number of amides is 1. The molecule has 0 radical (unpaired) electrons. The van der Waals surface area contributed by atoms with Crippen LogP contribution in [0.1, 0.15) is 26.2 Å². The summed E-state index contributed by atoms with van der Waals surface area (Å²) in [4.78, 5) is 16.0. The summed E-state index contributed by atoms with van der Waals surface area (Å²) in [6.07, 6.45) is 2.78. The zero-order chi connectivity index (χ0) is 12.3. The van der Waals surface area contributed by atoms with Gasteiger partial charge in [-0.3, -0.25) is 9.69 Å². The van der Waals surface area contributed by atoms with Crippen molar-refractivity contribution in [3.05, 3.63) is 0 Å². The largest absolute Gasteiger partial charge is 0.616 e. The van der Waals surface area contributed by atoms with E-state index < -0.39 is 11.2 Å². The van der Waals surface area contributed by atoms with Gasteiger partial charge in [-0.15, -0.1) is 0 Å². The third-order valence-corrected chi connectivity index (χ3v) is 5.12. The van der Waals surface area contributed by atoms with Gasteiger partial charge in [-0.1, -0.05) is 18.1 Å². The molecule has 0 unspecified atom stereocenters. The summed E-state index contributed by atoms with van der Waals surface area (Å²) in [6.45, 7) is 5.67. The molecule has 0 saturated carbocycles. The van der Waals surface area contributed by atoms with E-state index in [1.54, 1.807) is 0 Å². The molecule has 4 nitrogen and oxygen atoms in total. The van der Waals surface area contributed by atoms with Gasteiger partial charge in [0.15, 0.2) is 0 Å². The van der Waals surface area contributed by atoms with E-state index >= 15 is 0 Å². The zero-order valence-electron chi connectivity index (χ0n) is 10.6. The van der Waals surface area contributed by atoms with Crippen molar-refractivity contribution in [2.45, 2.75) is 32.2 Å². The Balaban J connectivity index is 1.77. The number of hydrogen-bond acceptors (Lipinski definition) is 3. The fraction of sp³-hybridized carbons (Fsp3) is 0.917. The molecular formula is C12H22N2O2S. The summed E-state index contributed by atoms with van der Waals surface area (Å²) >= 11 is -0.587. The van der Waals surface area contributed by atoms with Crippen LogP contribution in [0.15, 0.2) is 0 Å². The van der Waals surface area contributed by atoms with Crippen molar-refractivity contribution in [3.8, 4) is 0 Å². The molecule has 0 aliphatic carbocycles. The van der Waals surface area contributed by atoms with E-state index in [9.17, 15) is 9.35 Å². The van der Waals surface area contributed by atoms with Gasteiger partial charge in [0.05, 0.1) is 0 Å². The predicted octanol–water partition coefficient (Wildman–Crippen LogP) is 0.452. The number of carbonyl (C=O) groups excluding carboxylic acids is 1. The van der Waals surface area contributed by atoms with Crippen molar-refractivity contribution in [3.63, 3.8) is 0 Å². The maximum Gasteiger partial charge on any atom is 0.222 e. The van der Waals surface area contributed by atoms with Crippen LogP contribution in [0.5, 0.6) is 0 Å². The van der Waals surface area contributed by atoms with Gasteiger partial charge >= 0.3 is 0 Å². The van der Waals surface area contributed by atoms with Crippen molar-refractivity contribution >= 4 is 17.1 Å². The van der Waals surface area contributed by atoms with Crippen molar-refractivity contribution in [2.24, 2.45) is 0 Å². The molecule has 98 valence electrons. The highest BCUT2D eigenvalue weighted by Gasteiger charge is 2.29. The number of nitrogens with zero attached hydrogens (tertiary/aromatic N) is 2. The molecule has 2 aliphatic heterocycles.